The Labute approximate surface area is 180 Å². The topological polar surface area (TPSA) is 122 Å². The molecule has 0 aromatic carbocycles. The maximum absolute atomic E-state index is 5.89. The quantitative estimate of drug-likeness (QED) is 0.382. The van der Waals surface area contributed by atoms with Gasteiger partial charge in [0.25, 0.3) is 0 Å². The van der Waals surface area contributed by atoms with Crippen LogP contribution in [0.4, 0.5) is 5.69 Å². The molecule has 150 valence electrons. The van der Waals surface area contributed by atoms with E-state index < -0.39 is 0 Å². The maximum Gasteiger partial charge on any atom is 0.161 e. The van der Waals surface area contributed by atoms with E-state index >= 15 is 0 Å². The van der Waals surface area contributed by atoms with Gasteiger partial charge in [-0.1, -0.05) is 0 Å². The fourth-order valence-corrected chi connectivity index (χ4v) is 4.48. The summed E-state index contributed by atoms with van der Waals surface area (Å²) in [5, 5.41) is 7.52. The first kappa shape index (κ1) is 17.7. The maximum atomic E-state index is 5.89. The van der Waals surface area contributed by atoms with Crippen molar-refractivity contribution in [2.45, 2.75) is 6.92 Å². The minimum Gasteiger partial charge on any atom is -0.397 e. The summed E-state index contributed by atoms with van der Waals surface area (Å²) in [7, 11) is 0. The van der Waals surface area contributed by atoms with Gasteiger partial charge in [-0.25, -0.2) is 9.97 Å². The third-order valence-corrected chi connectivity index (χ3v) is 6.07. The highest BCUT2D eigenvalue weighted by Gasteiger charge is 2.18. The van der Waals surface area contributed by atoms with Crippen LogP contribution in [0.25, 0.3) is 55.4 Å². The highest BCUT2D eigenvalue weighted by Crippen LogP contribution is 2.33. The highest BCUT2D eigenvalue weighted by molar-refractivity contribution is 7.15. The molecular weight excluding hydrogens is 408 g/mol. The van der Waals surface area contributed by atoms with E-state index in [0.717, 1.165) is 43.9 Å². The number of aryl methyl sites for hydroxylation is 1. The van der Waals surface area contributed by atoms with Crippen molar-refractivity contribution < 1.29 is 0 Å². The number of hydrogen-bond donors (Lipinski definition) is 3. The highest BCUT2D eigenvalue weighted by atomic mass is 32.1. The van der Waals surface area contributed by atoms with E-state index in [-0.39, 0.29) is 0 Å². The largest absolute Gasteiger partial charge is 0.397 e. The van der Waals surface area contributed by atoms with Gasteiger partial charge in [-0.3, -0.25) is 15.1 Å². The third kappa shape index (κ3) is 2.94. The number of rotatable bonds is 3. The number of aromatic amines is 2. The monoisotopic (exact) mass is 424 g/mol. The first-order valence-corrected chi connectivity index (χ1v) is 10.5. The van der Waals surface area contributed by atoms with Gasteiger partial charge in [-0.15, -0.1) is 11.3 Å². The van der Waals surface area contributed by atoms with Gasteiger partial charge in [0.05, 0.1) is 27.3 Å². The lowest BCUT2D eigenvalue weighted by molar-refractivity contribution is 1.10. The van der Waals surface area contributed by atoms with Crippen molar-refractivity contribution in [3.8, 4) is 33.3 Å². The van der Waals surface area contributed by atoms with E-state index in [2.05, 4.69) is 44.2 Å². The molecule has 0 saturated heterocycles. The lowest BCUT2D eigenvalue weighted by atomic mass is 10.1. The lowest BCUT2D eigenvalue weighted by Crippen LogP contribution is -1.90. The van der Waals surface area contributed by atoms with Crippen LogP contribution in [0.5, 0.6) is 0 Å². The SMILES string of the molecule is Cc1ccc(-c2nccc3[nH]c(-c4n[nH]c5ccc(-c6cncc(N)c6)nc45)nc23)s1. The van der Waals surface area contributed by atoms with Crippen molar-refractivity contribution in [1.82, 2.24) is 35.1 Å². The number of aromatic nitrogens is 7. The summed E-state index contributed by atoms with van der Waals surface area (Å²) in [6.45, 7) is 2.08. The minimum atomic E-state index is 0.591. The Hall–Kier alpha value is -4.11. The van der Waals surface area contributed by atoms with E-state index in [0.29, 0.717) is 17.2 Å². The molecule has 0 fully saturated rings. The fourth-order valence-electron chi connectivity index (χ4n) is 3.61. The summed E-state index contributed by atoms with van der Waals surface area (Å²) in [5.41, 5.74) is 12.9. The van der Waals surface area contributed by atoms with Gasteiger partial charge in [0.15, 0.2) is 11.5 Å². The molecule has 31 heavy (non-hydrogen) atoms. The second-order valence-electron chi connectivity index (χ2n) is 7.22. The normalized spacial score (nSPS) is 11.5. The third-order valence-electron chi connectivity index (χ3n) is 5.06. The molecule has 0 aliphatic heterocycles. The standard InChI is InChI=1S/C22H16N8S/c1-11-2-5-17(31-11)20-18-15(6-7-25-20)27-22(28-18)21-19-16(29-30-21)4-3-14(26-19)12-8-13(23)10-24-9-12/h2-10H,23H2,1H3,(H,27,28)(H,29,30). The number of thiophene rings is 1. The van der Waals surface area contributed by atoms with Gasteiger partial charge in [-0.05, 0) is 43.3 Å². The van der Waals surface area contributed by atoms with Crippen LogP contribution in [0.2, 0.25) is 0 Å². The molecular formula is C22H16N8S. The van der Waals surface area contributed by atoms with Gasteiger partial charge >= 0.3 is 0 Å². The number of imidazole rings is 1. The number of pyridine rings is 3. The van der Waals surface area contributed by atoms with Crippen LogP contribution in [0.3, 0.4) is 0 Å². The summed E-state index contributed by atoms with van der Waals surface area (Å²) in [4.78, 5) is 24.1. The van der Waals surface area contributed by atoms with Crippen LogP contribution in [0.1, 0.15) is 4.88 Å². The molecule has 9 heteroatoms. The van der Waals surface area contributed by atoms with Gasteiger partial charge in [0, 0.05) is 29.0 Å². The molecule has 6 aromatic rings. The molecule has 0 radical (unpaired) electrons. The molecule has 0 unspecified atom stereocenters. The van der Waals surface area contributed by atoms with E-state index in [4.69, 9.17) is 15.7 Å². The summed E-state index contributed by atoms with van der Waals surface area (Å²) in [6, 6.07) is 11.8. The average Bonchev–Trinajstić information content (AvgIpc) is 3.50. The zero-order valence-electron chi connectivity index (χ0n) is 16.4. The summed E-state index contributed by atoms with van der Waals surface area (Å²) < 4.78 is 0. The zero-order chi connectivity index (χ0) is 20.9. The van der Waals surface area contributed by atoms with Crippen molar-refractivity contribution in [3.05, 3.63) is 59.9 Å². The molecule has 6 rings (SSSR count). The number of H-pyrrole nitrogens is 2. The predicted octanol–water partition coefficient (Wildman–Crippen LogP) is 4.58. The summed E-state index contributed by atoms with van der Waals surface area (Å²) in [5.74, 6) is 0.638. The van der Waals surface area contributed by atoms with E-state index in [1.165, 1.54) is 4.88 Å². The lowest BCUT2D eigenvalue weighted by Gasteiger charge is -2.02. The van der Waals surface area contributed by atoms with Crippen molar-refractivity contribution in [2.75, 3.05) is 5.73 Å². The number of nitrogens with two attached hydrogens (primary N) is 1. The molecule has 6 heterocycles. The van der Waals surface area contributed by atoms with Crippen LogP contribution in [-0.4, -0.2) is 35.1 Å². The van der Waals surface area contributed by atoms with Gasteiger partial charge < -0.3 is 10.7 Å². The van der Waals surface area contributed by atoms with Crippen LogP contribution in [-0.2, 0) is 0 Å². The Morgan fingerprint density at radius 3 is 2.68 bits per heavy atom. The van der Waals surface area contributed by atoms with Crippen molar-refractivity contribution in [2.24, 2.45) is 0 Å². The number of hydrogen-bond acceptors (Lipinski definition) is 7. The van der Waals surface area contributed by atoms with Gasteiger partial charge in [-0.2, -0.15) is 5.10 Å². The predicted molar refractivity (Wildman–Crippen MR) is 122 cm³/mol. The molecule has 0 saturated carbocycles. The van der Waals surface area contributed by atoms with Crippen LogP contribution < -0.4 is 5.73 Å². The zero-order valence-corrected chi connectivity index (χ0v) is 17.2. The number of nitrogens with zero attached hydrogens (tertiary/aromatic N) is 5. The van der Waals surface area contributed by atoms with Crippen molar-refractivity contribution in [3.63, 3.8) is 0 Å². The smallest absolute Gasteiger partial charge is 0.161 e. The molecule has 0 aliphatic rings. The first-order valence-electron chi connectivity index (χ1n) is 9.63. The second kappa shape index (κ2) is 6.71. The Morgan fingerprint density at radius 2 is 1.84 bits per heavy atom. The van der Waals surface area contributed by atoms with E-state index in [9.17, 15) is 0 Å². The van der Waals surface area contributed by atoms with Crippen molar-refractivity contribution >= 4 is 39.1 Å². The molecule has 0 aliphatic carbocycles. The number of nitrogen functional groups attached to an aromatic ring is 1. The average molecular weight is 424 g/mol. The molecule has 0 amide bonds. The number of fused-ring (bicyclic) bond motifs is 2. The Kier molecular flexibility index (Phi) is 3.84. The molecule has 8 nitrogen and oxygen atoms in total. The Bertz CT molecular complexity index is 1580. The molecule has 4 N–H and O–H groups in total. The first-order chi connectivity index (χ1) is 15.2. The van der Waals surface area contributed by atoms with Gasteiger partial charge in [0.1, 0.15) is 16.7 Å². The van der Waals surface area contributed by atoms with Crippen LogP contribution in [0, 0.1) is 6.92 Å². The Balaban J connectivity index is 1.51. The van der Waals surface area contributed by atoms with Crippen molar-refractivity contribution in [1.29, 1.82) is 0 Å². The molecule has 6 aromatic heterocycles. The summed E-state index contributed by atoms with van der Waals surface area (Å²) >= 11 is 1.70. The summed E-state index contributed by atoms with van der Waals surface area (Å²) in [6.07, 6.45) is 5.15. The van der Waals surface area contributed by atoms with Crippen LogP contribution >= 0.6 is 11.3 Å². The molecule has 0 bridgehead atoms. The fraction of sp³-hybridized carbons (Fsp3) is 0.0455. The van der Waals surface area contributed by atoms with Crippen LogP contribution in [0.15, 0.2) is 55.0 Å². The number of anilines is 1. The van der Waals surface area contributed by atoms with E-state index in [1.807, 2.05) is 24.3 Å². The second-order valence-corrected chi connectivity index (χ2v) is 8.51. The number of nitrogens with one attached hydrogen (secondary N) is 2. The van der Waals surface area contributed by atoms with E-state index in [1.54, 1.807) is 29.9 Å². The Morgan fingerprint density at radius 1 is 0.935 bits per heavy atom. The molecule has 0 atom stereocenters. The minimum absolute atomic E-state index is 0.591. The molecule has 0 spiro atoms. The van der Waals surface area contributed by atoms with Gasteiger partial charge in [0.2, 0.25) is 0 Å².